The average Bonchev–Trinajstić information content (AvgIpc) is 3.17. The van der Waals surface area contributed by atoms with E-state index in [2.05, 4.69) is 15.5 Å². The summed E-state index contributed by atoms with van der Waals surface area (Å²) in [6, 6.07) is 15.2. The molecule has 2 aromatic carbocycles. The van der Waals surface area contributed by atoms with E-state index < -0.39 is 15.7 Å². The molecule has 0 saturated carbocycles. The highest BCUT2D eigenvalue weighted by molar-refractivity contribution is 7.91. The predicted molar refractivity (Wildman–Crippen MR) is 103 cm³/mol. The van der Waals surface area contributed by atoms with Crippen LogP contribution in [0.1, 0.15) is 12.8 Å². The van der Waals surface area contributed by atoms with Gasteiger partial charge in [-0.05, 0) is 36.8 Å². The average molecular weight is 401 g/mol. The summed E-state index contributed by atoms with van der Waals surface area (Å²) < 4.78 is 35.0. The number of benzene rings is 2. The Balaban J connectivity index is 1.54. The largest absolute Gasteiger partial charge is 0.497 e. The van der Waals surface area contributed by atoms with Gasteiger partial charge in [0.1, 0.15) is 5.75 Å². The van der Waals surface area contributed by atoms with Gasteiger partial charge in [-0.3, -0.25) is 10.1 Å². The van der Waals surface area contributed by atoms with E-state index in [9.17, 15) is 13.2 Å². The SMILES string of the molecule is COc1cccc(-c2nnc(NC(=O)CCCS(=O)(=O)c3ccccc3)o2)c1. The number of nitrogens with one attached hydrogen (secondary N) is 1. The number of amides is 1. The number of nitrogens with zero attached hydrogens (tertiary/aromatic N) is 2. The standard InChI is InChI=1S/C19H19N3O5S/c1-26-15-8-5-7-14(13-15)18-21-22-19(27-18)20-17(23)11-6-12-28(24,25)16-9-3-2-4-10-16/h2-5,7-10,13H,6,11-12H2,1H3,(H,20,22,23). The van der Waals surface area contributed by atoms with Crippen LogP contribution in [0.2, 0.25) is 0 Å². The molecule has 1 heterocycles. The molecule has 28 heavy (non-hydrogen) atoms. The zero-order valence-corrected chi connectivity index (χ0v) is 16.0. The lowest BCUT2D eigenvalue weighted by molar-refractivity contribution is -0.116. The van der Waals surface area contributed by atoms with E-state index >= 15 is 0 Å². The van der Waals surface area contributed by atoms with E-state index in [1.165, 1.54) is 12.1 Å². The molecule has 0 bridgehead atoms. The Labute approximate surface area is 162 Å². The molecule has 0 aliphatic carbocycles. The van der Waals surface area contributed by atoms with E-state index in [1.807, 2.05) is 0 Å². The topological polar surface area (TPSA) is 111 Å². The maximum atomic E-state index is 12.2. The van der Waals surface area contributed by atoms with Gasteiger partial charge in [0.2, 0.25) is 11.8 Å². The molecule has 0 spiro atoms. The van der Waals surface area contributed by atoms with Gasteiger partial charge in [0.05, 0.1) is 17.8 Å². The first-order valence-electron chi connectivity index (χ1n) is 8.53. The molecule has 1 aromatic heterocycles. The van der Waals surface area contributed by atoms with Crippen molar-refractivity contribution in [1.29, 1.82) is 0 Å². The number of hydrogen-bond acceptors (Lipinski definition) is 7. The number of hydrogen-bond donors (Lipinski definition) is 1. The minimum atomic E-state index is -3.41. The fraction of sp³-hybridized carbons (Fsp3) is 0.211. The highest BCUT2D eigenvalue weighted by Gasteiger charge is 2.16. The van der Waals surface area contributed by atoms with Gasteiger partial charge in [-0.25, -0.2) is 8.42 Å². The van der Waals surface area contributed by atoms with Gasteiger partial charge in [0.25, 0.3) is 0 Å². The van der Waals surface area contributed by atoms with Crippen LogP contribution >= 0.6 is 0 Å². The first kappa shape index (κ1) is 19.6. The van der Waals surface area contributed by atoms with Crippen molar-refractivity contribution in [3.05, 3.63) is 54.6 Å². The Bertz CT molecular complexity index is 1050. The van der Waals surface area contributed by atoms with Crippen LogP contribution in [0.5, 0.6) is 5.75 Å². The summed E-state index contributed by atoms with van der Waals surface area (Å²) in [7, 11) is -1.86. The molecule has 0 atom stereocenters. The van der Waals surface area contributed by atoms with Crippen LogP contribution in [0.25, 0.3) is 11.5 Å². The van der Waals surface area contributed by atoms with Crippen LogP contribution < -0.4 is 10.1 Å². The van der Waals surface area contributed by atoms with Crippen LogP contribution in [0.4, 0.5) is 6.01 Å². The second-order valence-electron chi connectivity index (χ2n) is 5.93. The molecule has 1 N–H and O–H groups in total. The first-order chi connectivity index (χ1) is 13.5. The van der Waals surface area contributed by atoms with Crippen LogP contribution in [-0.2, 0) is 14.6 Å². The third-order valence-corrected chi connectivity index (χ3v) is 5.72. The lowest BCUT2D eigenvalue weighted by Gasteiger charge is -2.04. The second-order valence-corrected chi connectivity index (χ2v) is 8.04. The maximum absolute atomic E-state index is 12.2. The molecule has 0 saturated heterocycles. The fourth-order valence-electron chi connectivity index (χ4n) is 2.50. The third kappa shape index (κ3) is 4.95. The highest BCUT2D eigenvalue weighted by Crippen LogP contribution is 2.23. The van der Waals surface area contributed by atoms with Crippen LogP contribution in [0.15, 0.2) is 63.9 Å². The number of sulfone groups is 1. The number of rotatable bonds is 8. The minimum Gasteiger partial charge on any atom is -0.497 e. The van der Waals surface area contributed by atoms with Gasteiger partial charge < -0.3 is 9.15 Å². The molecule has 0 radical (unpaired) electrons. The number of methoxy groups -OCH3 is 1. The third-order valence-electron chi connectivity index (χ3n) is 3.91. The van der Waals surface area contributed by atoms with Crippen molar-refractivity contribution in [3.63, 3.8) is 0 Å². The predicted octanol–water partition coefficient (Wildman–Crippen LogP) is 2.94. The number of carbonyl (C=O) groups is 1. The lowest BCUT2D eigenvalue weighted by Crippen LogP contribution is -2.14. The molecule has 8 nitrogen and oxygen atoms in total. The molecule has 0 aliphatic rings. The number of carbonyl (C=O) groups excluding carboxylic acids is 1. The zero-order valence-electron chi connectivity index (χ0n) is 15.2. The Hall–Kier alpha value is -3.20. The molecule has 9 heteroatoms. The number of anilines is 1. The molecule has 1 amide bonds. The summed E-state index contributed by atoms with van der Waals surface area (Å²) in [5.74, 6) is 0.356. The normalized spacial score (nSPS) is 11.2. The smallest absolute Gasteiger partial charge is 0.322 e. The van der Waals surface area contributed by atoms with E-state index in [4.69, 9.17) is 9.15 Å². The van der Waals surface area contributed by atoms with E-state index in [1.54, 1.807) is 49.6 Å². The molecule has 0 fully saturated rings. The van der Waals surface area contributed by atoms with Crippen molar-refractivity contribution in [2.45, 2.75) is 17.7 Å². The summed E-state index contributed by atoms with van der Waals surface area (Å²) in [6.45, 7) is 0. The van der Waals surface area contributed by atoms with Gasteiger partial charge in [0, 0.05) is 12.0 Å². The quantitative estimate of drug-likeness (QED) is 0.618. The number of aromatic nitrogens is 2. The van der Waals surface area contributed by atoms with Gasteiger partial charge in [-0.1, -0.05) is 29.4 Å². The molecular weight excluding hydrogens is 382 g/mol. The van der Waals surface area contributed by atoms with E-state index in [0.29, 0.717) is 11.3 Å². The van der Waals surface area contributed by atoms with Crippen LogP contribution in [0.3, 0.4) is 0 Å². The zero-order chi connectivity index (χ0) is 20.0. The van der Waals surface area contributed by atoms with Gasteiger partial charge >= 0.3 is 6.01 Å². The molecule has 0 aliphatic heterocycles. The van der Waals surface area contributed by atoms with Crippen molar-refractivity contribution >= 4 is 21.8 Å². The van der Waals surface area contributed by atoms with Crippen molar-refractivity contribution in [3.8, 4) is 17.2 Å². The Morgan fingerprint density at radius 3 is 2.64 bits per heavy atom. The van der Waals surface area contributed by atoms with Crippen molar-refractivity contribution in [2.24, 2.45) is 0 Å². The molecular formula is C19H19N3O5S. The van der Waals surface area contributed by atoms with Gasteiger partial charge in [-0.15, -0.1) is 5.10 Å². The first-order valence-corrected chi connectivity index (χ1v) is 10.2. The van der Waals surface area contributed by atoms with E-state index in [-0.39, 0.29) is 35.4 Å². The lowest BCUT2D eigenvalue weighted by atomic mass is 10.2. The number of ether oxygens (including phenoxy) is 1. The van der Waals surface area contributed by atoms with Crippen molar-refractivity contribution in [2.75, 3.05) is 18.2 Å². The summed E-state index contributed by atoms with van der Waals surface area (Å²) in [6.07, 6.45) is 0.197. The molecule has 0 unspecified atom stereocenters. The molecule has 3 rings (SSSR count). The molecule has 3 aromatic rings. The fourth-order valence-corrected chi connectivity index (χ4v) is 3.83. The highest BCUT2D eigenvalue weighted by atomic mass is 32.2. The monoisotopic (exact) mass is 401 g/mol. The molecule has 146 valence electrons. The van der Waals surface area contributed by atoms with E-state index in [0.717, 1.165) is 0 Å². The summed E-state index contributed by atoms with van der Waals surface area (Å²) in [5, 5.41) is 10.2. The Kier molecular flexibility index (Phi) is 6.05. The summed E-state index contributed by atoms with van der Waals surface area (Å²) in [5.41, 5.74) is 0.654. The summed E-state index contributed by atoms with van der Waals surface area (Å²) >= 11 is 0. The summed E-state index contributed by atoms with van der Waals surface area (Å²) in [4.78, 5) is 12.3. The van der Waals surface area contributed by atoms with Crippen LogP contribution in [0, 0.1) is 0 Å². The maximum Gasteiger partial charge on any atom is 0.322 e. The van der Waals surface area contributed by atoms with Crippen molar-refractivity contribution < 1.29 is 22.4 Å². The second kappa shape index (κ2) is 8.66. The Morgan fingerprint density at radius 1 is 1.11 bits per heavy atom. The van der Waals surface area contributed by atoms with Crippen LogP contribution in [-0.4, -0.2) is 37.4 Å². The van der Waals surface area contributed by atoms with Gasteiger partial charge in [-0.2, -0.15) is 0 Å². The van der Waals surface area contributed by atoms with Crippen molar-refractivity contribution in [1.82, 2.24) is 10.2 Å². The van der Waals surface area contributed by atoms with Gasteiger partial charge in [0.15, 0.2) is 9.84 Å². The minimum absolute atomic E-state index is 0.0168. The Morgan fingerprint density at radius 2 is 1.89 bits per heavy atom.